The quantitative estimate of drug-likeness (QED) is 0.776. The number of carbonyl (C=O) groups is 1. The van der Waals surface area contributed by atoms with Gasteiger partial charge < -0.3 is 0 Å². The van der Waals surface area contributed by atoms with Crippen LogP contribution in [0.3, 0.4) is 0 Å². The zero-order valence-electron chi connectivity index (χ0n) is 10.8. The maximum atomic E-state index is 12.5. The molecule has 0 radical (unpaired) electrons. The molecule has 0 atom stereocenters. The Kier molecular flexibility index (Phi) is 3.28. The molecule has 1 fully saturated rings. The molecular formula is C12H20N4O. The zero-order valence-corrected chi connectivity index (χ0v) is 10.8. The van der Waals surface area contributed by atoms with Gasteiger partial charge in [0.25, 0.3) is 0 Å². The summed E-state index contributed by atoms with van der Waals surface area (Å²) in [5.74, 6) is 1.03. The molecule has 0 unspecified atom stereocenters. The molecule has 0 saturated heterocycles. The van der Waals surface area contributed by atoms with E-state index >= 15 is 0 Å². The molecular weight excluding hydrogens is 216 g/mol. The van der Waals surface area contributed by atoms with E-state index in [1.807, 2.05) is 21.1 Å². The predicted octanol–water partition coefficient (Wildman–Crippen LogP) is 0.801. The lowest BCUT2D eigenvalue weighted by molar-refractivity contribution is -0.129. The molecule has 1 heterocycles. The Morgan fingerprint density at radius 1 is 1.47 bits per heavy atom. The third-order valence-electron chi connectivity index (χ3n) is 3.93. The van der Waals surface area contributed by atoms with Crippen molar-refractivity contribution in [1.29, 1.82) is 0 Å². The first-order valence-corrected chi connectivity index (χ1v) is 6.10. The second-order valence-corrected chi connectivity index (χ2v) is 5.03. The minimum absolute atomic E-state index is 0.272. The van der Waals surface area contributed by atoms with E-state index in [1.54, 1.807) is 4.68 Å². The van der Waals surface area contributed by atoms with Crippen molar-refractivity contribution in [3.63, 3.8) is 0 Å². The molecule has 0 spiro atoms. The molecule has 2 rings (SSSR count). The van der Waals surface area contributed by atoms with Gasteiger partial charge in [-0.2, -0.15) is 5.10 Å². The second kappa shape index (κ2) is 4.56. The molecule has 17 heavy (non-hydrogen) atoms. The summed E-state index contributed by atoms with van der Waals surface area (Å²) in [6, 6.07) is 0. The fraction of sp³-hybridized carbons (Fsp3) is 0.750. The van der Waals surface area contributed by atoms with Crippen LogP contribution < -0.4 is 0 Å². The summed E-state index contributed by atoms with van der Waals surface area (Å²) in [5.41, 5.74) is -0.272. The van der Waals surface area contributed by atoms with Crippen LogP contribution in [0.1, 0.15) is 31.5 Å². The summed E-state index contributed by atoms with van der Waals surface area (Å²) in [7, 11) is 5.83. The van der Waals surface area contributed by atoms with Crippen molar-refractivity contribution in [1.82, 2.24) is 19.7 Å². The molecule has 0 N–H and O–H groups in total. The number of hydrogen-bond acceptors (Lipinski definition) is 4. The number of rotatable bonds is 4. The van der Waals surface area contributed by atoms with Gasteiger partial charge in [-0.1, -0.05) is 12.8 Å². The van der Waals surface area contributed by atoms with Crippen molar-refractivity contribution < 1.29 is 4.79 Å². The van der Waals surface area contributed by atoms with Crippen LogP contribution in [0, 0.1) is 0 Å². The smallest absolute Gasteiger partial charge is 0.160 e. The molecule has 1 saturated carbocycles. The van der Waals surface area contributed by atoms with E-state index < -0.39 is 0 Å². The second-order valence-electron chi connectivity index (χ2n) is 5.03. The Balaban J connectivity index is 2.16. The van der Waals surface area contributed by atoms with Gasteiger partial charge in [0.1, 0.15) is 12.2 Å². The van der Waals surface area contributed by atoms with E-state index in [9.17, 15) is 4.79 Å². The van der Waals surface area contributed by atoms with Crippen molar-refractivity contribution in [2.24, 2.45) is 7.05 Å². The number of carbonyl (C=O) groups excluding carboxylic acids is 1. The van der Waals surface area contributed by atoms with E-state index in [4.69, 9.17) is 0 Å². The number of nitrogens with zero attached hydrogens (tertiary/aromatic N) is 4. The number of Topliss-reactive ketones (excluding diaryl/α,β-unsaturated/α-hetero) is 1. The van der Waals surface area contributed by atoms with Crippen molar-refractivity contribution in [3.05, 3.63) is 12.2 Å². The molecule has 94 valence electrons. The molecule has 0 amide bonds. The largest absolute Gasteiger partial charge is 0.297 e. The van der Waals surface area contributed by atoms with Gasteiger partial charge in [0.2, 0.25) is 0 Å². The lowest BCUT2D eigenvalue weighted by atomic mass is 9.88. The van der Waals surface area contributed by atoms with Crippen LogP contribution in [0.4, 0.5) is 0 Å². The van der Waals surface area contributed by atoms with Crippen LogP contribution in [0.15, 0.2) is 6.33 Å². The van der Waals surface area contributed by atoms with E-state index in [0.717, 1.165) is 31.5 Å². The first-order valence-electron chi connectivity index (χ1n) is 6.10. The van der Waals surface area contributed by atoms with Gasteiger partial charge >= 0.3 is 0 Å². The summed E-state index contributed by atoms with van der Waals surface area (Å²) in [4.78, 5) is 18.7. The summed E-state index contributed by atoms with van der Waals surface area (Å²) < 4.78 is 1.68. The fourth-order valence-electron chi connectivity index (χ4n) is 2.72. The number of aromatic nitrogens is 3. The normalized spacial score (nSPS) is 18.8. The monoisotopic (exact) mass is 236 g/mol. The van der Waals surface area contributed by atoms with Gasteiger partial charge in [-0.05, 0) is 26.9 Å². The molecule has 0 aromatic carbocycles. The van der Waals surface area contributed by atoms with Crippen LogP contribution >= 0.6 is 0 Å². The van der Waals surface area contributed by atoms with Crippen molar-refractivity contribution >= 4 is 5.78 Å². The van der Waals surface area contributed by atoms with Crippen LogP contribution in [0.2, 0.25) is 0 Å². The maximum absolute atomic E-state index is 12.5. The molecule has 5 nitrogen and oxygen atoms in total. The lowest BCUT2D eigenvalue weighted by Gasteiger charge is -2.34. The number of aryl methyl sites for hydroxylation is 1. The highest BCUT2D eigenvalue weighted by atomic mass is 16.1. The van der Waals surface area contributed by atoms with Crippen LogP contribution in [0.25, 0.3) is 0 Å². The molecule has 5 heteroatoms. The van der Waals surface area contributed by atoms with Crippen LogP contribution in [0.5, 0.6) is 0 Å². The summed E-state index contributed by atoms with van der Waals surface area (Å²) in [6.07, 6.45) is 6.10. The molecule has 1 aromatic heterocycles. The third kappa shape index (κ3) is 2.11. The number of likely N-dealkylation sites (N-methyl/N-ethyl adjacent to an activating group) is 1. The molecule has 0 bridgehead atoms. The van der Waals surface area contributed by atoms with Gasteiger partial charge in [-0.3, -0.25) is 14.4 Å². The molecule has 1 aliphatic rings. The highest BCUT2D eigenvalue weighted by Crippen LogP contribution is 2.35. The van der Waals surface area contributed by atoms with Crippen molar-refractivity contribution in [2.75, 3.05) is 14.1 Å². The maximum Gasteiger partial charge on any atom is 0.160 e. The van der Waals surface area contributed by atoms with E-state index in [0.29, 0.717) is 6.42 Å². The fourth-order valence-corrected chi connectivity index (χ4v) is 2.72. The Hall–Kier alpha value is -1.23. The average Bonchev–Trinajstić information content (AvgIpc) is 2.89. The van der Waals surface area contributed by atoms with Gasteiger partial charge in [0.05, 0.1) is 12.0 Å². The number of ketones is 1. The molecule has 0 aliphatic heterocycles. The molecule has 1 aliphatic carbocycles. The van der Waals surface area contributed by atoms with Gasteiger partial charge in [0, 0.05) is 7.05 Å². The summed E-state index contributed by atoms with van der Waals surface area (Å²) in [5, 5.41) is 4.00. The Labute approximate surface area is 102 Å². The van der Waals surface area contributed by atoms with E-state index in [2.05, 4.69) is 15.0 Å². The SMILES string of the molecule is CN(C)C1(C(=O)Cc2ncnn2C)CCCC1. The number of hydrogen-bond donors (Lipinski definition) is 0. The first kappa shape index (κ1) is 12.2. The highest BCUT2D eigenvalue weighted by Gasteiger charge is 2.42. The summed E-state index contributed by atoms with van der Waals surface area (Å²) >= 11 is 0. The predicted molar refractivity (Wildman–Crippen MR) is 64.6 cm³/mol. The average molecular weight is 236 g/mol. The van der Waals surface area contributed by atoms with Gasteiger partial charge in [0.15, 0.2) is 5.78 Å². The Morgan fingerprint density at radius 2 is 2.12 bits per heavy atom. The van der Waals surface area contributed by atoms with Crippen molar-refractivity contribution in [2.45, 2.75) is 37.6 Å². The Bertz CT molecular complexity index is 404. The van der Waals surface area contributed by atoms with E-state index in [1.165, 1.54) is 6.33 Å². The lowest BCUT2D eigenvalue weighted by Crippen LogP contribution is -2.49. The zero-order chi connectivity index (χ0) is 12.5. The van der Waals surface area contributed by atoms with Gasteiger partial charge in [-0.15, -0.1) is 0 Å². The third-order valence-corrected chi connectivity index (χ3v) is 3.93. The van der Waals surface area contributed by atoms with Crippen molar-refractivity contribution in [3.8, 4) is 0 Å². The van der Waals surface area contributed by atoms with Gasteiger partial charge in [-0.25, -0.2) is 4.98 Å². The molecule has 1 aromatic rings. The Morgan fingerprint density at radius 3 is 2.59 bits per heavy atom. The van der Waals surface area contributed by atoms with Crippen LogP contribution in [-0.2, 0) is 18.3 Å². The van der Waals surface area contributed by atoms with Crippen LogP contribution in [-0.4, -0.2) is 45.1 Å². The first-order chi connectivity index (χ1) is 8.06. The standard InChI is InChI=1S/C12H20N4O/c1-15(2)12(6-4-5-7-12)10(17)8-11-13-9-14-16(11)3/h9H,4-8H2,1-3H3. The minimum Gasteiger partial charge on any atom is -0.297 e. The minimum atomic E-state index is -0.272. The topological polar surface area (TPSA) is 51.0 Å². The highest BCUT2D eigenvalue weighted by molar-refractivity contribution is 5.90. The summed E-state index contributed by atoms with van der Waals surface area (Å²) in [6.45, 7) is 0. The van der Waals surface area contributed by atoms with E-state index in [-0.39, 0.29) is 11.3 Å².